The molecule has 2 aromatic carbocycles. The molecule has 1 aromatic heterocycles. The SMILES string of the molecule is O=C(Nc1ccc(O)cc1)c1nc(S(=O)(=O)Cc2ccc(F)cc2)ncc1Cl. The molecule has 7 nitrogen and oxygen atoms in total. The summed E-state index contributed by atoms with van der Waals surface area (Å²) in [6.45, 7) is 0. The molecule has 0 unspecified atom stereocenters. The molecule has 2 N–H and O–H groups in total. The van der Waals surface area contributed by atoms with E-state index in [1.807, 2.05) is 0 Å². The highest BCUT2D eigenvalue weighted by Gasteiger charge is 2.23. The quantitative estimate of drug-likeness (QED) is 0.483. The van der Waals surface area contributed by atoms with Gasteiger partial charge in [0.1, 0.15) is 11.6 Å². The van der Waals surface area contributed by atoms with Gasteiger partial charge in [-0.25, -0.2) is 22.8 Å². The molecular formula is C18H13ClFN3O4S. The van der Waals surface area contributed by atoms with Crippen LogP contribution in [-0.4, -0.2) is 29.4 Å². The number of nitrogens with zero attached hydrogens (tertiary/aromatic N) is 2. The molecule has 0 fully saturated rings. The number of anilines is 1. The van der Waals surface area contributed by atoms with E-state index >= 15 is 0 Å². The number of benzene rings is 2. The number of sulfone groups is 1. The van der Waals surface area contributed by atoms with E-state index in [-0.39, 0.29) is 16.5 Å². The molecule has 3 aromatic rings. The molecule has 144 valence electrons. The van der Waals surface area contributed by atoms with Crippen LogP contribution in [0.15, 0.2) is 59.9 Å². The Kier molecular flexibility index (Phi) is 5.57. The molecule has 0 spiro atoms. The largest absolute Gasteiger partial charge is 0.508 e. The van der Waals surface area contributed by atoms with E-state index in [1.165, 1.54) is 36.4 Å². The minimum Gasteiger partial charge on any atom is -0.508 e. The van der Waals surface area contributed by atoms with Crippen LogP contribution in [0.1, 0.15) is 16.1 Å². The summed E-state index contributed by atoms with van der Waals surface area (Å²) in [5, 5.41) is 11.1. The summed E-state index contributed by atoms with van der Waals surface area (Å²) in [6, 6.07) is 10.6. The van der Waals surface area contributed by atoms with Gasteiger partial charge in [0.2, 0.25) is 15.0 Å². The van der Waals surface area contributed by atoms with Gasteiger partial charge < -0.3 is 10.4 Å². The highest BCUT2D eigenvalue weighted by Crippen LogP contribution is 2.20. The lowest BCUT2D eigenvalue weighted by Crippen LogP contribution is -2.18. The lowest BCUT2D eigenvalue weighted by molar-refractivity contribution is 0.102. The van der Waals surface area contributed by atoms with Crippen molar-refractivity contribution in [3.63, 3.8) is 0 Å². The van der Waals surface area contributed by atoms with Gasteiger partial charge in [-0.1, -0.05) is 23.7 Å². The zero-order chi connectivity index (χ0) is 20.3. The highest BCUT2D eigenvalue weighted by atomic mass is 35.5. The zero-order valence-electron chi connectivity index (χ0n) is 14.1. The number of aromatic hydroxyl groups is 1. The van der Waals surface area contributed by atoms with Crippen molar-refractivity contribution < 1.29 is 22.7 Å². The number of hydrogen-bond acceptors (Lipinski definition) is 6. The van der Waals surface area contributed by atoms with E-state index in [4.69, 9.17) is 11.6 Å². The monoisotopic (exact) mass is 421 g/mol. The molecule has 0 bridgehead atoms. The van der Waals surface area contributed by atoms with Crippen molar-refractivity contribution >= 4 is 33.0 Å². The summed E-state index contributed by atoms with van der Waals surface area (Å²) in [6.07, 6.45) is 1.03. The number of rotatable bonds is 5. The maximum absolute atomic E-state index is 13.0. The van der Waals surface area contributed by atoms with E-state index in [0.29, 0.717) is 11.3 Å². The predicted octanol–water partition coefficient (Wildman–Crippen LogP) is 3.20. The third-order valence-corrected chi connectivity index (χ3v) is 5.35. The van der Waals surface area contributed by atoms with E-state index in [1.54, 1.807) is 0 Å². The number of amides is 1. The van der Waals surface area contributed by atoms with Crippen molar-refractivity contribution in [2.75, 3.05) is 5.32 Å². The lowest BCUT2D eigenvalue weighted by atomic mass is 10.2. The van der Waals surface area contributed by atoms with Gasteiger partial charge >= 0.3 is 0 Å². The van der Waals surface area contributed by atoms with Crippen molar-refractivity contribution in [2.45, 2.75) is 10.9 Å². The Morgan fingerprint density at radius 1 is 1.11 bits per heavy atom. The summed E-state index contributed by atoms with van der Waals surface area (Å²) >= 11 is 5.95. The van der Waals surface area contributed by atoms with E-state index in [0.717, 1.165) is 18.3 Å². The molecular weight excluding hydrogens is 409 g/mol. The Hall–Kier alpha value is -3.04. The number of phenolic OH excluding ortho intramolecular Hbond substituents is 1. The van der Waals surface area contributed by atoms with Gasteiger partial charge in [0.15, 0.2) is 5.69 Å². The van der Waals surface area contributed by atoms with Gasteiger partial charge in [-0.3, -0.25) is 4.79 Å². The summed E-state index contributed by atoms with van der Waals surface area (Å²) in [4.78, 5) is 19.9. The third-order valence-electron chi connectivity index (χ3n) is 3.61. The van der Waals surface area contributed by atoms with Crippen LogP contribution in [0.4, 0.5) is 10.1 Å². The zero-order valence-corrected chi connectivity index (χ0v) is 15.7. The fraction of sp³-hybridized carbons (Fsp3) is 0.0556. The van der Waals surface area contributed by atoms with Gasteiger partial charge in [0, 0.05) is 5.69 Å². The minimum absolute atomic E-state index is 0.0206. The number of phenols is 1. The normalized spacial score (nSPS) is 11.2. The van der Waals surface area contributed by atoms with E-state index < -0.39 is 32.5 Å². The second kappa shape index (κ2) is 7.91. The molecule has 1 amide bonds. The molecule has 0 saturated carbocycles. The Morgan fingerprint density at radius 3 is 2.39 bits per heavy atom. The molecule has 0 atom stereocenters. The van der Waals surface area contributed by atoms with Crippen LogP contribution in [-0.2, 0) is 15.6 Å². The number of aromatic nitrogens is 2. The van der Waals surface area contributed by atoms with Crippen LogP contribution < -0.4 is 5.32 Å². The Bertz CT molecular complexity index is 1120. The van der Waals surface area contributed by atoms with Crippen molar-refractivity contribution in [3.05, 3.63) is 76.8 Å². The molecule has 3 rings (SSSR count). The van der Waals surface area contributed by atoms with E-state index in [9.17, 15) is 22.7 Å². The molecule has 28 heavy (non-hydrogen) atoms. The van der Waals surface area contributed by atoms with Crippen molar-refractivity contribution in [1.82, 2.24) is 9.97 Å². The van der Waals surface area contributed by atoms with Crippen LogP contribution in [0.25, 0.3) is 0 Å². The fourth-order valence-corrected chi connectivity index (χ4v) is 3.64. The standard InChI is InChI=1S/C18H13ClFN3O4S/c19-15-9-21-18(28(26,27)10-11-1-3-12(20)4-2-11)23-16(15)17(25)22-13-5-7-14(24)8-6-13/h1-9,24H,10H2,(H,22,25). The van der Waals surface area contributed by atoms with Gasteiger partial charge in [-0.15, -0.1) is 0 Å². The van der Waals surface area contributed by atoms with E-state index in [2.05, 4.69) is 15.3 Å². The van der Waals surface area contributed by atoms with Crippen molar-refractivity contribution in [2.24, 2.45) is 0 Å². The van der Waals surface area contributed by atoms with Crippen LogP contribution in [0.5, 0.6) is 5.75 Å². The Balaban J connectivity index is 1.86. The number of halogens is 2. The van der Waals surface area contributed by atoms with Crippen molar-refractivity contribution in [3.8, 4) is 5.75 Å². The first-order chi connectivity index (χ1) is 13.2. The number of carbonyl (C=O) groups is 1. The molecule has 0 aliphatic rings. The molecule has 0 radical (unpaired) electrons. The van der Waals surface area contributed by atoms with Crippen LogP contribution in [0.3, 0.4) is 0 Å². The fourth-order valence-electron chi connectivity index (χ4n) is 2.26. The van der Waals surface area contributed by atoms with Crippen molar-refractivity contribution in [1.29, 1.82) is 0 Å². The topological polar surface area (TPSA) is 109 Å². The summed E-state index contributed by atoms with van der Waals surface area (Å²) in [5.41, 5.74) is 0.380. The first kappa shape index (κ1) is 19.7. The second-order valence-corrected chi connectivity index (χ2v) is 8.03. The lowest BCUT2D eigenvalue weighted by Gasteiger charge is -2.08. The van der Waals surface area contributed by atoms with Gasteiger partial charge in [-0.2, -0.15) is 0 Å². The summed E-state index contributed by atoms with van der Waals surface area (Å²) in [7, 11) is -3.99. The van der Waals surface area contributed by atoms with Gasteiger partial charge in [0.05, 0.1) is 17.0 Å². The maximum Gasteiger partial charge on any atom is 0.275 e. The molecule has 0 aliphatic heterocycles. The molecule has 10 heteroatoms. The number of carbonyl (C=O) groups excluding carboxylic acids is 1. The Morgan fingerprint density at radius 2 is 1.75 bits per heavy atom. The second-order valence-electron chi connectivity index (χ2n) is 5.74. The highest BCUT2D eigenvalue weighted by molar-refractivity contribution is 7.90. The van der Waals surface area contributed by atoms with Gasteiger partial charge in [0.25, 0.3) is 5.91 Å². The Labute approximate surface area is 164 Å². The molecule has 0 saturated heterocycles. The predicted molar refractivity (Wildman–Crippen MR) is 100 cm³/mol. The number of hydrogen-bond donors (Lipinski definition) is 2. The smallest absolute Gasteiger partial charge is 0.275 e. The molecule has 1 heterocycles. The maximum atomic E-state index is 13.0. The first-order valence-corrected chi connectivity index (χ1v) is 9.88. The average molecular weight is 422 g/mol. The van der Waals surface area contributed by atoms with Gasteiger partial charge in [-0.05, 0) is 42.0 Å². The van der Waals surface area contributed by atoms with Crippen LogP contribution in [0.2, 0.25) is 5.02 Å². The number of nitrogens with one attached hydrogen (secondary N) is 1. The summed E-state index contributed by atoms with van der Waals surface area (Å²) < 4.78 is 38.1. The van der Waals surface area contributed by atoms with Crippen LogP contribution in [0, 0.1) is 5.82 Å². The average Bonchev–Trinajstić information content (AvgIpc) is 2.65. The first-order valence-electron chi connectivity index (χ1n) is 7.85. The minimum atomic E-state index is -3.99. The molecule has 0 aliphatic carbocycles. The third kappa shape index (κ3) is 4.62. The summed E-state index contributed by atoms with van der Waals surface area (Å²) in [5.74, 6) is -1.67. The van der Waals surface area contributed by atoms with Crippen LogP contribution >= 0.6 is 11.6 Å².